The average molecular weight is 311 g/mol. The van der Waals surface area contributed by atoms with E-state index in [1.54, 1.807) is 0 Å². The Morgan fingerprint density at radius 3 is 2.86 bits per heavy atom. The minimum atomic E-state index is -0.0662. The number of methoxy groups -OCH3 is 1. The molecule has 0 aliphatic carbocycles. The first-order valence-corrected chi connectivity index (χ1v) is 8.14. The van der Waals surface area contributed by atoms with Crippen LogP contribution >= 0.6 is 11.6 Å². The quantitative estimate of drug-likeness (QED) is 0.894. The van der Waals surface area contributed by atoms with Crippen LogP contribution in [-0.2, 0) is 11.3 Å². The average Bonchev–Trinajstić information content (AvgIpc) is 2.45. The Kier molecular flexibility index (Phi) is 5.53. The number of hydrogen-bond donors (Lipinski definition) is 1. The molecule has 4 heteroatoms. The first-order chi connectivity index (χ1) is 9.95. The molecular weight excluding hydrogens is 284 g/mol. The van der Waals surface area contributed by atoms with Gasteiger partial charge in [-0.25, -0.2) is 0 Å². The zero-order valence-electron chi connectivity index (χ0n) is 13.6. The van der Waals surface area contributed by atoms with E-state index in [9.17, 15) is 0 Å². The Morgan fingerprint density at radius 2 is 2.19 bits per heavy atom. The molecule has 1 fully saturated rings. The summed E-state index contributed by atoms with van der Waals surface area (Å²) in [5, 5.41) is 4.31. The summed E-state index contributed by atoms with van der Waals surface area (Å²) in [4.78, 5) is 2.41. The minimum absolute atomic E-state index is 0.0662. The van der Waals surface area contributed by atoms with Crippen molar-refractivity contribution in [1.82, 2.24) is 5.32 Å². The van der Waals surface area contributed by atoms with Gasteiger partial charge < -0.3 is 15.0 Å². The van der Waals surface area contributed by atoms with Gasteiger partial charge in [-0.15, -0.1) is 0 Å². The standard InChI is InChI=1S/C17H27ClN2O/c1-13(2)19-11-14-15(18)7-5-8-16(14)20-10-6-9-17(3,12-20)21-4/h5,7-8,13,19H,6,9-12H2,1-4H3. The SMILES string of the molecule is COC1(C)CCCN(c2cccc(Cl)c2CNC(C)C)C1. The molecule has 0 saturated carbocycles. The van der Waals surface area contributed by atoms with Gasteiger partial charge in [-0.05, 0) is 31.9 Å². The molecule has 21 heavy (non-hydrogen) atoms. The van der Waals surface area contributed by atoms with Crippen LogP contribution in [0.3, 0.4) is 0 Å². The first kappa shape index (κ1) is 16.6. The highest BCUT2D eigenvalue weighted by molar-refractivity contribution is 6.31. The molecule has 0 aromatic heterocycles. The third kappa shape index (κ3) is 4.12. The van der Waals surface area contributed by atoms with Crippen molar-refractivity contribution >= 4 is 17.3 Å². The van der Waals surface area contributed by atoms with Gasteiger partial charge in [0.15, 0.2) is 0 Å². The lowest BCUT2D eigenvalue weighted by Crippen LogP contribution is -2.47. The first-order valence-electron chi connectivity index (χ1n) is 7.76. The van der Waals surface area contributed by atoms with Crippen molar-refractivity contribution in [2.75, 3.05) is 25.1 Å². The van der Waals surface area contributed by atoms with E-state index in [0.29, 0.717) is 6.04 Å². The fourth-order valence-corrected chi connectivity index (χ4v) is 3.14. The zero-order valence-corrected chi connectivity index (χ0v) is 14.3. The molecule has 0 spiro atoms. The van der Waals surface area contributed by atoms with Crippen molar-refractivity contribution in [3.05, 3.63) is 28.8 Å². The van der Waals surface area contributed by atoms with Crippen LogP contribution in [0.1, 0.15) is 39.2 Å². The summed E-state index contributed by atoms with van der Waals surface area (Å²) in [7, 11) is 1.81. The van der Waals surface area contributed by atoms with Crippen LogP contribution < -0.4 is 10.2 Å². The molecule has 0 radical (unpaired) electrons. The molecule has 1 heterocycles. The number of nitrogens with zero attached hydrogens (tertiary/aromatic N) is 1. The number of rotatable bonds is 5. The van der Waals surface area contributed by atoms with Crippen molar-refractivity contribution in [2.24, 2.45) is 0 Å². The van der Waals surface area contributed by atoms with Crippen molar-refractivity contribution in [1.29, 1.82) is 0 Å². The van der Waals surface area contributed by atoms with Gasteiger partial charge in [-0.1, -0.05) is 31.5 Å². The van der Waals surface area contributed by atoms with Crippen LogP contribution in [0.5, 0.6) is 0 Å². The van der Waals surface area contributed by atoms with E-state index in [-0.39, 0.29) is 5.60 Å². The minimum Gasteiger partial charge on any atom is -0.377 e. The van der Waals surface area contributed by atoms with Crippen LogP contribution in [0.15, 0.2) is 18.2 Å². The number of hydrogen-bond acceptors (Lipinski definition) is 3. The summed E-state index contributed by atoms with van der Waals surface area (Å²) in [6.07, 6.45) is 2.26. The van der Waals surface area contributed by atoms with E-state index in [0.717, 1.165) is 37.5 Å². The topological polar surface area (TPSA) is 24.5 Å². The van der Waals surface area contributed by atoms with Crippen LogP contribution in [0, 0.1) is 0 Å². The van der Waals surface area contributed by atoms with Crippen molar-refractivity contribution in [3.8, 4) is 0 Å². The number of ether oxygens (including phenoxy) is 1. The highest BCUT2D eigenvalue weighted by atomic mass is 35.5. The molecular formula is C17H27ClN2O. The molecule has 1 aliphatic heterocycles. The van der Waals surface area contributed by atoms with Gasteiger partial charge >= 0.3 is 0 Å². The maximum Gasteiger partial charge on any atom is 0.0825 e. The predicted octanol–water partition coefficient (Wildman–Crippen LogP) is 3.84. The van der Waals surface area contributed by atoms with Gasteiger partial charge in [0.25, 0.3) is 0 Å². The Balaban J connectivity index is 2.24. The molecule has 3 nitrogen and oxygen atoms in total. The summed E-state index contributed by atoms with van der Waals surface area (Å²) in [5.74, 6) is 0. The Hall–Kier alpha value is -0.770. The fraction of sp³-hybridized carbons (Fsp3) is 0.647. The highest BCUT2D eigenvalue weighted by Gasteiger charge is 2.31. The van der Waals surface area contributed by atoms with E-state index in [1.165, 1.54) is 11.3 Å². The lowest BCUT2D eigenvalue weighted by molar-refractivity contribution is -0.00468. The number of benzene rings is 1. The molecule has 0 bridgehead atoms. The van der Waals surface area contributed by atoms with E-state index in [1.807, 2.05) is 19.2 Å². The maximum absolute atomic E-state index is 6.44. The maximum atomic E-state index is 6.44. The molecule has 1 aromatic carbocycles. The van der Waals surface area contributed by atoms with E-state index >= 15 is 0 Å². The highest BCUT2D eigenvalue weighted by Crippen LogP contribution is 2.33. The van der Waals surface area contributed by atoms with E-state index in [4.69, 9.17) is 16.3 Å². The second kappa shape index (κ2) is 6.99. The predicted molar refractivity (Wildman–Crippen MR) is 90.3 cm³/mol. The van der Waals surface area contributed by atoms with Crippen LogP contribution in [0.2, 0.25) is 5.02 Å². The third-order valence-corrected chi connectivity index (χ3v) is 4.63. The monoisotopic (exact) mass is 310 g/mol. The summed E-state index contributed by atoms with van der Waals surface area (Å²) >= 11 is 6.44. The molecule has 0 amide bonds. The molecule has 1 aromatic rings. The Morgan fingerprint density at radius 1 is 1.43 bits per heavy atom. The van der Waals surface area contributed by atoms with Gasteiger partial charge in [-0.3, -0.25) is 0 Å². The molecule has 1 saturated heterocycles. The number of halogens is 1. The van der Waals surface area contributed by atoms with Gasteiger partial charge in [0.05, 0.1) is 5.60 Å². The summed E-state index contributed by atoms with van der Waals surface area (Å²) in [6, 6.07) is 6.63. The largest absolute Gasteiger partial charge is 0.377 e. The fourth-order valence-electron chi connectivity index (χ4n) is 2.90. The summed E-state index contributed by atoms with van der Waals surface area (Å²) in [6.45, 7) is 9.27. The molecule has 1 atom stereocenters. The van der Waals surface area contributed by atoms with Crippen molar-refractivity contribution in [3.63, 3.8) is 0 Å². The summed E-state index contributed by atoms with van der Waals surface area (Å²) < 4.78 is 5.71. The Bertz CT molecular complexity index is 478. The smallest absolute Gasteiger partial charge is 0.0825 e. The lowest BCUT2D eigenvalue weighted by Gasteiger charge is -2.41. The second-order valence-electron chi connectivity index (χ2n) is 6.45. The van der Waals surface area contributed by atoms with Gasteiger partial charge in [-0.2, -0.15) is 0 Å². The van der Waals surface area contributed by atoms with Crippen LogP contribution in [-0.4, -0.2) is 31.8 Å². The molecule has 1 unspecified atom stereocenters. The van der Waals surface area contributed by atoms with Gasteiger partial charge in [0.1, 0.15) is 0 Å². The molecule has 1 aliphatic rings. The normalized spacial score (nSPS) is 22.9. The van der Waals surface area contributed by atoms with E-state index < -0.39 is 0 Å². The van der Waals surface area contributed by atoms with Crippen molar-refractivity contribution < 1.29 is 4.74 Å². The van der Waals surface area contributed by atoms with Crippen LogP contribution in [0.4, 0.5) is 5.69 Å². The summed E-state index contributed by atoms with van der Waals surface area (Å²) in [5.41, 5.74) is 2.36. The molecule has 118 valence electrons. The number of anilines is 1. The van der Waals surface area contributed by atoms with Crippen molar-refractivity contribution in [2.45, 2.75) is 51.8 Å². The Labute approximate surface area is 133 Å². The molecule has 1 N–H and O–H groups in total. The number of nitrogens with one attached hydrogen (secondary N) is 1. The third-order valence-electron chi connectivity index (χ3n) is 4.27. The van der Waals surface area contributed by atoms with Gasteiger partial charge in [0.2, 0.25) is 0 Å². The van der Waals surface area contributed by atoms with E-state index in [2.05, 4.69) is 37.1 Å². The van der Waals surface area contributed by atoms with Crippen LogP contribution in [0.25, 0.3) is 0 Å². The van der Waals surface area contributed by atoms with Gasteiger partial charge in [0, 0.05) is 49.1 Å². The number of piperidine rings is 1. The lowest BCUT2D eigenvalue weighted by atomic mass is 9.93. The zero-order chi connectivity index (χ0) is 15.5. The molecule has 2 rings (SSSR count). The second-order valence-corrected chi connectivity index (χ2v) is 6.86.